The second-order valence-electron chi connectivity index (χ2n) is 6.07. The number of rotatable bonds is 5. The van der Waals surface area contributed by atoms with Gasteiger partial charge in [0.2, 0.25) is 0 Å². The number of Topliss-reactive ketones (excluding diaryl/α,β-unsaturated/α-hetero) is 1. The van der Waals surface area contributed by atoms with E-state index in [1.165, 1.54) is 6.42 Å². The van der Waals surface area contributed by atoms with Crippen LogP contribution in [0.15, 0.2) is 24.2 Å². The lowest BCUT2D eigenvalue weighted by atomic mass is 9.95. The largest absolute Gasteiger partial charge is 0.303 e. The van der Waals surface area contributed by atoms with Crippen LogP contribution in [0.4, 0.5) is 0 Å². The van der Waals surface area contributed by atoms with Gasteiger partial charge in [-0.25, -0.2) is 0 Å². The van der Waals surface area contributed by atoms with Gasteiger partial charge in [0, 0.05) is 18.0 Å². The minimum atomic E-state index is -0.333. The standard InChI is InChI=1S/C18H27NO/c1-14(2)16-7-9-17(10-8-16)18(20)15(3)13-19-11-5-4-6-12-19/h7-10,14-15H,4-6,11-13H2,1-3H3/i7D,8D,9D,10D. The molecule has 1 saturated heterocycles. The summed E-state index contributed by atoms with van der Waals surface area (Å²) in [7, 11) is 0. The molecule has 0 saturated carbocycles. The highest BCUT2D eigenvalue weighted by Gasteiger charge is 2.19. The van der Waals surface area contributed by atoms with E-state index in [4.69, 9.17) is 5.48 Å². The molecule has 0 aliphatic carbocycles. The van der Waals surface area contributed by atoms with Gasteiger partial charge in [-0.15, -0.1) is 0 Å². The fraction of sp³-hybridized carbons (Fsp3) is 0.611. The van der Waals surface area contributed by atoms with Crippen molar-refractivity contribution in [3.05, 3.63) is 35.3 Å². The summed E-state index contributed by atoms with van der Waals surface area (Å²) in [5.41, 5.74) is 0.323. The average molecular weight is 277 g/mol. The van der Waals surface area contributed by atoms with E-state index in [1.54, 1.807) is 0 Å². The van der Waals surface area contributed by atoms with Crippen LogP contribution in [-0.2, 0) is 0 Å². The number of hydrogen-bond donors (Lipinski definition) is 0. The van der Waals surface area contributed by atoms with Crippen LogP contribution in [-0.4, -0.2) is 30.3 Å². The summed E-state index contributed by atoms with van der Waals surface area (Å²) >= 11 is 0. The number of benzene rings is 1. The van der Waals surface area contributed by atoms with Gasteiger partial charge < -0.3 is 4.90 Å². The molecule has 1 aliphatic heterocycles. The van der Waals surface area contributed by atoms with E-state index in [1.807, 2.05) is 20.8 Å². The molecule has 2 heteroatoms. The number of piperidine rings is 1. The first-order chi connectivity index (χ1) is 11.3. The Morgan fingerprint density at radius 3 is 2.30 bits per heavy atom. The smallest absolute Gasteiger partial charge is 0.166 e. The maximum absolute atomic E-state index is 12.8. The summed E-state index contributed by atoms with van der Waals surface area (Å²) in [5, 5.41) is 0. The van der Waals surface area contributed by atoms with Crippen molar-refractivity contribution in [3.63, 3.8) is 0 Å². The van der Waals surface area contributed by atoms with Gasteiger partial charge in [-0.05, 0) is 37.4 Å². The number of hydrogen-bond acceptors (Lipinski definition) is 2. The van der Waals surface area contributed by atoms with Crippen molar-refractivity contribution >= 4 is 5.78 Å². The highest BCUT2D eigenvalue weighted by atomic mass is 16.1. The molecule has 0 N–H and O–H groups in total. The van der Waals surface area contributed by atoms with Crippen molar-refractivity contribution in [2.24, 2.45) is 5.92 Å². The Morgan fingerprint density at radius 1 is 1.15 bits per heavy atom. The zero-order valence-electron chi connectivity index (χ0n) is 16.8. The summed E-state index contributed by atoms with van der Waals surface area (Å²) in [6, 6.07) is -0.565. The van der Waals surface area contributed by atoms with Crippen molar-refractivity contribution < 1.29 is 10.3 Å². The maximum atomic E-state index is 12.8. The fourth-order valence-electron chi connectivity index (χ4n) is 2.59. The molecule has 1 aliphatic rings. The third-order valence-electron chi connectivity index (χ3n) is 3.90. The van der Waals surface area contributed by atoms with Crippen molar-refractivity contribution in [2.45, 2.75) is 46.0 Å². The predicted octanol–water partition coefficient (Wildman–Crippen LogP) is 4.11. The second kappa shape index (κ2) is 7.03. The maximum Gasteiger partial charge on any atom is 0.166 e. The molecule has 20 heavy (non-hydrogen) atoms. The van der Waals surface area contributed by atoms with E-state index < -0.39 is 0 Å². The minimum absolute atomic E-state index is 0.0566. The molecule has 110 valence electrons. The van der Waals surface area contributed by atoms with Crippen LogP contribution >= 0.6 is 0 Å². The van der Waals surface area contributed by atoms with E-state index in [-0.39, 0.29) is 47.4 Å². The van der Waals surface area contributed by atoms with Crippen LogP contribution < -0.4 is 0 Å². The summed E-state index contributed by atoms with van der Waals surface area (Å²) in [6.07, 6.45) is 3.52. The summed E-state index contributed by atoms with van der Waals surface area (Å²) in [6.45, 7) is 8.08. The molecule has 0 aromatic heterocycles. The molecule has 1 aromatic rings. The van der Waals surface area contributed by atoms with Crippen molar-refractivity contribution in [1.29, 1.82) is 0 Å². The zero-order valence-corrected chi connectivity index (χ0v) is 12.8. The molecule has 1 heterocycles. The van der Waals surface area contributed by atoms with Crippen LogP contribution in [0.5, 0.6) is 0 Å². The topological polar surface area (TPSA) is 20.3 Å². The van der Waals surface area contributed by atoms with Crippen molar-refractivity contribution in [2.75, 3.05) is 19.6 Å². The molecule has 1 unspecified atom stereocenters. The number of ketones is 1. The third kappa shape index (κ3) is 3.92. The Bertz CT molecular complexity index is 595. The quantitative estimate of drug-likeness (QED) is 0.755. The zero-order chi connectivity index (χ0) is 18.0. The van der Waals surface area contributed by atoms with Crippen molar-refractivity contribution in [1.82, 2.24) is 4.90 Å². The molecule has 0 bridgehead atoms. The van der Waals surface area contributed by atoms with E-state index in [0.29, 0.717) is 12.1 Å². The molecule has 0 radical (unpaired) electrons. The lowest BCUT2D eigenvalue weighted by Gasteiger charge is -2.28. The van der Waals surface area contributed by atoms with Crippen LogP contribution in [0.1, 0.15) is 67.4 Å². The summed E-state index contributed by atoms with van der Waals surface area (Å²) < 4.78 is 32.6. The van der Waals surface area contributed by atoms with E-state index >= 15 is 0 Å². The van der Waals surface area contributed by atoms with E-state index in [9.17, 15) is 4.79 Å². The van der Waals surface area contributed by atoms with Crippen LogP contribution in [0, 0.1) is 5.92 Å². The van der Waals surface area contributed by atoms with Crippen LogP contribution in [0.3, 0.4) is 0 Å². The molecule has 1 atom stereocenters. The minimum Gasteiger partial charge on any atom is -0.303 e. The highest BCUT2D eigenvalue weighted by Crippen LogP contribution is 2.18. The highest BCUT2D eigenvalue weighted by molar-refractivity contribution is 5.97. The molecule has 1 fully saturated rings. The van der Waals surface area contributed by atoms with E-state index in [0.717, 1.165) is 25.9 Å². The van der Waals surface area contributed by atoms with Gasteiger partial charge in [0.15, 0.2) is 5.78 Å². The average Bonchev–Trinajstić information content (AvgIpc) is 2.54. The van der Waals surface area contributed by atoms with Crippen molar-refractivity contribution in [3.8, 4) is 0 Å². The molecule has 0 amide bonds. The fourth-order valence-corrected chi connectivity index (χ4v) is 2.59. The second-order valence-corrected chi connectivity index (χ2v) is 6.07. The lowest BCUT2D eigenvalue weighted by molar-refractivity contribution is 0.0883. The molecule has 2 rings (SSSR count). The van der Waals surface area contributed by atoms with Gasteiger partial charge in [-0.2, -0.15) is 0 Å². The predicted molar refractivity (Wildman–Crippen MR) is 84.3 cm³/mol. The number of nitrogens with zero attached hydrogens (tertiary/aromatic N) is 1. The van der Waals surface area contributed by atoms with Gasteiger partial charge in [0.25, 0.3) is 0 Å². The van der Waals surface area contributed by atoms with Crippen LogP contribution in [0.2, 0.25) is 0 Å². The molecular weight excluding hydrogens is 246 g/mol. The first-order valence-corrected chi connectivity index (χ1v) is 7.62. The van der Waals surface area contributed by atoms with Gasteiger partial charge in [0.1, 0.15) is 0 Å². The molecule has 2 nitrogen and oxygen atoms in total. The first-order valence-electron chi connectivity index (χ1n) is 9.62. The third-order valence-corrected chi connectivity index (χ3v) is 3.90. The lowest BCUT2D eigenvalue weighted by Crippen LogP contribution is -2.35. The number of likely N-dealkylation sites (tertiary alicyclic amines) is 1. The summed E-state index contributed by atoms with van der Waals surface area (Å²) in [4.78, 5) is 15.1. The Morgan fingerprint density at radius 2 is 1.75 bits per heavy atom. The van der Waals surface area contributed by atoms with Gasteiger partial charge in [0.05, 0.1) is 5.48 Å². The summed E-state index contributed by atoms with van der Waals surface area (Å²) in [5.74, 6) is -0.735. The van der Waals surface area contributed by atoms with E-state index in [2.05, 4.69) is 4.90 Å². The van der Waals surface area contributed by atoms with Gasteiger partial charge in [-0.3, -0.25) is 4.79 Å². The Labute approximate surface area is 128 Å². The molecule has 1 aromatic carbocycles. The first kappa shape index (κ1) is 10.6. The SMILES string of the molecule is [2H]c1c([2H])c(C(C)C)c([2H])c([2H])c1C(=O)C(C)CN1CCCCC1. The van der Waals surface area contributed by atoms with Gasteiger partial charge >= 0.3 is 0 Å². The molecule has 0 spiro atoms. The monoisotopic (exact) mass is 277 g/mol. The normalized spacial score (nSPS) is 21.0. The Balaban J connectivity index is 2.31. The van der Waals surface area contributed by atoms with Crippen LogP contribution in [0.25, 0.3) is 0 Å². The van der Waals surface area contributed by atoms with Gasteiger partial charge in [-0.1, -0.05) is 51.4 Å². The molecular formula is C18H27NO. The Kier molecular flexibility index (Phi) is 3.71. The Hall–Kier alpha value is -1.15. The number of carbonyl (C=O) groups excluding carboxylic acids is 1. The number of carbonyl (C=O) groups is 1.